The first-order chi connectivity index (χ1) is 6.60. The summed E-state index contributed by atoms with van der Waals surface area (Å²) in [7, 11) is 0. The van der Waals surface area contributed by atoms with Crippen LogP contribution in [0.2, 0.25) is 0 Å². The number of nitrogens with zero attached hydrogens (tertiary/aromatic N) is 1. The minimum Gasteiger partial charge on any atom is -0.465 e. The monoisotopic (exact) mass is 201 g/mol. The summed E-state index contributed by atoms with van der Waals surface area (Å²) >= 11 is 0. The van der Waals surface area contributed by atoms with Crippen LogP contribution < -0.4 is 0 Å². The topological polar surface area (TPSA) is 60.8 Å². The molecule has 1 aliphatic heterocycles. The van der Waals surface area contributed by atoms with Crippen molar-refractivity contribution in [2.45, 2.75) is 32.8 Å². The van der Waals surface area contributed by atoms with E-state index in [4.69, 9.17) is 5.11 Å². The molecule has 0 aromatic carbocycles. The van der Waals surface area contributed by atoms with Gasteiger partial charge in [0.15, 0.2) is 0 Å². The van der Waals surface area contributed by atoms with Gasteiger partial charge in [-0.3, -0.25) is 0 Å². The molecule has 0 spiro atoms. The molecule has 0 aromatic heterocycles. The second-order valence-electron chi connectivity index (χ2n) is 4.00. The Hall–Kier alpha value is -0.770. The highest BCUT2D eigenvalue weighted by Crippen LogP contribution is 2.28. The van der Waals surface area contributed by atoms with Crippen molar-refractivity contribution in [3.05, 3.63) is 0 Å². The fourth-order valence-electron chi connectivity index (χ4n) is 2.33. The van der Waals surface area contributed by atoms with E-state index in [1.54, 1.807) is 0 Å². The molecule has 0 radical (unpaired) electrons. The van der Waals surface area contributed by atoms with Gasteiger partial charge in [0.1, 0.15) is 0 Å². The third-order valence-electron chi connectivity index (χ3n) is 3.26. The number of likely N-dealkylation sites (tertiary alicyclic amines) is 1. The van der Waals surface area contributed by atoms with Gasteiger partial charge in [0.05, 0.1) is 12.6 Å². The summed E-state index contributed by atoms with van der Waals surface area (Å²) in [5.41, 5.74) is 0. The number of carboxylic acid groups (broad SMARTS) is 1. The van der Waals surface area contributed by atoms with Gasteiger partial charge in [0, 0.05) is 12.5 Å². The van der Waals surface area contributed by atoms with Crippen molar-refractivity contribution in [3.8, 4) is 0 Å². The maximum Gasteiger partial charge on any atom is 0.407 e. The first kappa shape index (κ1) is 11.3. The Morgan fingerprint density at radius 1 is 1.43 bits per heavy atom. The van der Waals surface area contributed by atoms with Gasteiger partial charge in [-0.05, 0) is 5.92 Å². The van der Waals surface area contributed by atoms with E-state index >= 15 is 0 Å². The van der Waals surface area contributed by atoms with Gasteiger partial charge in [-0.25, -0.2) is 4.79 Å². The van der Waals surface area contributed by atoms with Crippen LogP contribution in [0.15, 0.2) is 0 Å². The van der Waals surface area contributed by atoms with E-state index in [1.165, 1.54) is 4.90 Å². The van der Waals surface area contributed by atoms with Crippen molar-refractivity contribution in [2.24, 2.45) is 11.8 Å². The lowest BCUT2D eigenvalue weighted by atomic mass is 9.86. The van der Waals surface area contributed by atoms with Crippen LogP contribution in [-0.2, 0) is 0 Å². The van der Waals surface area contributed by atoms with Crippen molar-refractivity contribution < 1.29 is 15.0 Å². The molecule has 2 N–H and O–H groups in total. The van der Waals surface area contributed by atoms with Crippen LogP contribution in [0.3, 0.4) is 0 Å². The summed E-state index contributed by atoms with van der Waals surface area (Å²) in [4.78, 5) is 12.0. The molecule has 4 nitrogen and oxygen atoms in total. The Labute approximate surface area is 84.5 Å². The van der Waals surface area contributed by atoms with Crippen molar-refractivity contribution in [3.63, 3.8) is 0 Å². The van der Waals surface area contributed by atoms with Gasteiger partial charge in [0.2, 0.25) is 0 Å². The lowest BCUT2D eigenvalue weighted by Crippen LogP contribution is -2.27. The molecular formula is C10H19NO3. The molecule has 14 heavy (non-hydrogen) atoms. The molecule has 0 aliphatic carbocycles. The Bertz CT molecular complexity index is 204. The Morgan fingerprint density at radius 3 is 2.36 bits per heavy atom. The molecule has 1 heterocycles. The van der Waals surface area contributed by atoms with Gasteiger partial charge in [-0.15, -0.1) is 0 Å². The van der Waals surface area contributed by atoms with Crippen LogP contribution >= 0.6 is 0 Å². The van der Waals surface area contributed by atoms with Crippen molar-refractivity contribution >= 4 is 6.09 Å². The molecule has 0 aromatic rings. The van der Waals surface area contributed by atoms with Crippen LogP contribution in [0.4, 0.5) is 4.79 Å². The number of aliphatic hydroxyl groups excluding tert-OH is 1. The third kappa shape index (κ3) is 2.18. The highest BCUT2D eigenvalue weighted by molar-refractivity contribution is 5.65. The number of hydrogen-bond donors (Lipinski definition) is 2. The second kappa shape index (κ2) is 4.64. The zero-order valence-corrected chi connectivity index (χ0v) is 8.81. The molecule has 0 bridgehead atoms. The largest absolute Gasteiger partial charge is 0.465 e. The van der Waals surface area contributed by atoms with Crippen LogP contribution in [0.25, 0.3) is 0 Å². The first-order valence-electron chi connectivity index (χ1n) is 5.26. The Balaban J connectivity index is 2.59. The van der Waals surface area contributed by atoms with Crippen molar-refractivity contribution in [1.29, 1.82) is 0 Å². The van der Waals surface area contributed by atoms with E-state index in [-0.39, 0.29) is 12.5 Å². The van der Waals surface area contributed by atoms with Crippen LogP contribution in [0, 0.1) is 11.8 Å². The summed E-state index contributed by atoms with van der Waals surface area (Å²) in [5.74, 6) is 0.565. The predicted molar refractivity (Wildman–Crippen MR) is 53.2 cm³/mol. The molecule has 1 amide bonds. The van der Waals surface area contributed by atoms with Gasteiger partial charge in [0.25, 0.3) is 0 Å². The van der Waals surface area contributed by atoms with Gasteiger partial charge < -0.3 is 15.1 Å². The minimum atomic E-state index is -0.919. The van der Waals surface area contributed by atoms with E-state index < -0.39 is 12.2 Å². The first-order valence-corrected chi connectivity index (χ1v) is 5.26. The lowest BCUT2D eigenvalue weighted by molar-refractivity contribution is 0.107. The average Bonchev–Trinajstić information content (AvgIpc) is 2.51. The standard InChI is InChI=1S/C10H19NO3/c1-3-7(4-2)8-5-11(10(13)14)6-9(8)12/h7-9,12H,3-6H2,1-2H3,(H,13,14)/t8-,9+/m1/s1. The van der Waals surface area contributed by atoms with Gasteiger partial charge in [-0.2, -0.15) is 0 Å². The van der Waals surface area contributed by atoms with Gasteiger partial charge in [-0.1, -0.05) is 26.7 Å². The van der Waals surface area contributed by atoms with Crippen molar-refractivity contribution in [2.75, 3.05) is 13.1 Å². The minimum absolute atomic E-state index is 0.126. The zero-order chi connectivity index (χ0) is 10.7. The van der Waals surface area contributed by atoms with E-state index in [0.717, 1.165) is 12.8 Å². The number of carbonyl (C=O) groups is 1. The highest BCUT2D eigenvalue weighted by Gasteiger charge is 2.37. The number of aliphatic hydroxyl groups is 1. The third-order valence-corrected chi connectivity index (χ3v) is 3.26. The summed E-state index contributed by atoms with van der Waals surface area (Å²) in [6.45, 7) is 4.94. The molecule has 1 fully saturated rings. The molecule has 0 saturated carbocycles. The maximum absolute atomic E-state index is 10.7. The van der Waals surface area contributed by atoms with Crippen molar-refractivity contribution in [1.82, 2.24) is 4.90 Å². The average molecular weight is 201 g/mol. The summed E-state index contributed by atoms with van der Waals surface area (Å²) in [6, 6.07) is 0. The highest BCUT2D eigenvalue weighted by atomic mass is 16.4. The molecule has 1 aliphatic rings. The maximum atomic E-state index is 10.7. The fourth-order valence-corrected chi connectivity index (χ4v) is 2.33. The molecule has 1 saturated heterocycles. The fraction of sp³-hybridized carbons (Fsp3) is 0.900. The molecule has 4 heteroatoms. The van der Waals surface area contributed by atoms with E-state index in [1.807, 2.05) is 0 Å². The SMILES string of the molecule is CCC(CC)[C@H]1CN(C(=O)O)C[C@@H]1O. The number of amides is 1. The number of β-amino-alcohol motifs (C(OH)–C–C–N with tert-alkyl or cyclic N) is 1. The zero-order valence-electron chi connectivity index (χ0n) is 8.81. The second-order valence-corrected chi connectivity index (χ2v) is 4.00. The Morgan fingerprint density at radius 2 is 2.00 bits per heavy atom. The summed E-state index contributed by atoms with van der Waals surface area (Å²) < 4.78 is 0. The molecule has 2 atom stereocenters. The van der Waals surface area contributed by atoms with E-state index in [0.29, 0.717) is 12.5 Å². The van der Waals surface area contributed by atoms with E-state index in [2.05, 4.69) is 13.8 Å². The summed E-state index contributed by atoms with van der Waals surface area (Å²) in [5, 5.41) is 18.5. The molecular weight excluding hydrogens is 182 g/mol. The predicted octanol–water partition coefficient (Wildman–Crippen LogP) is 1.39. The van der Waals surface area contributed by atoms with Crippen LogP contribution in [0.5, 0.6) is 0 Å². The molecule has 82 valence electrons. The van der Waals surface area contributed by atoms with Crippen LogP contribution in [0.1, 0.15) is 26.7 Å². The smallest absolute Gasteiger partial charge is 0.407 e. The lowest BCUT2D eigenvalue weighted by Gasteiger charge is -2.22. The Kier molecular flexibility index (Phi) is 3.75. The van der Waals surface area contributed by atoms with Crippen LogP contribution in [-0.4, -0.2) is 40.4 Å². The number of rotatable bonds is 3. The summed E-state index contributed by atoms with van der Waals surface area (Å²) in [6.07, 6.45) is 0.616. The quantitative estimate of drug-likeness (QED) is 0.725. The molecule has 1 rings (SSSR count). The van der Waals surface area contributed by atoms with E-state index in [9.17, 15) is 9.90 Å². The normalized spacial score (nSPS) is 27.3. The number of hydrogen-bond acceptors (Lipinski definition) is 2. The molecule has 0 unspecified atom stereocenters. The van der Waals surface area contributed by atoms with Gasteiger partial charge >= 0.3 is 6.09 Å².